The second-order valence-corrected chi connectivity index (χ2v) is 9.97. The molecule has 39 heavy (non-hydrogen) atoms. The number of amides is 1. The Bertz CT molecular complexity index is 870. The zero-order chi connectivity index (χ0) is 28.8. The molecule has 14 nitrogen and oxygen atoms in total. The van der Waals surface area contributed by atoms with Gasteiger partial charge in [0.15, 0.2) is 0 Å². The molecule has 6 N–H and O–H groups in total. The van der Waals surface area contributed by atoms with Crippen LogP contribution in [0, 0.1) is 5.92 Å². The van der Waals surface area contributed by atoms with Crippen molar-refractivity contribution in [1.82, 2.24) is 24.9 Å². The van der Waals surface area contributed by atoms with Gasteiger partial charge in [-0.3, -0.25) is 43.8 Å². The van der Waals surface area contributed by atoms with E-state index in [-0.39, 0.29) is 31.6 Å². The third-order valence-electron chi connectivity index (χ3n) is 6.76. The molecule has 0 spiro atoms. The van der Waals surface area contributed by atoms with Crippen molar-refractivity contribution in [3.8, 4) is 0 Å². The first-order valence-corrected chi connectivity index (χ1v) is 13.3. The molecule has 2 aliphatic rings. The first-order valence-electron chi connectivity index (χ1n) is 13.3. The zero-order valence-corrected chi connectivity index (χ0v) is 22.7. The quantitative estimate of drug-likeness (QED) is 0.140. The lowest BCUT2D eigenvalue weighted by molar-refractivity contribution is -0.140. The summed E-state index contributed by atoms with van der Waals surface area (Å²) in [5, 5.41) is 30.8. The second kappa shape index (κ2) is 16.9. The first-order chi connectivity index (χ1) is 18.6. The number of aliphatic carboxylic acids is 3. The van der Waals surface area contributed by atoms with Crippen LogP contribution in [0.2, 0.25) is 0 Å². The Morgan fingerprint density at radius 1 is 0.974 bits per heavy atom. The zero-order valence-electron chi connectivity index (χ0n) is 22.7. The number of carboxylic acids is 3. The lowest BCUT2D eigenvalue weighted by atomic mass is 9.96. The summed E-state index contributed by atoms with van der Waals surface area (Å²) in [6.07, 6.45) is 4.27. The number of dihydropyridines is 1. The van der Waals surface area contributed by atoms with Crippen LogP contribution in [-0.4, -0.2) is 162 Å². The van der Waals surface area contributed by atoms with E-state index in [9.17, 15) is 34.5 Å². The smallest absolute Gasteiger partial charge is 0.317 e. The van der Waals surface area contributed by atoms with E-state index in [4.69, 9.17) is 5.73 Å². The van der Waals surface area contributed by atoms with Gasteiger partial charge < -0.3 is 26.4 Å². The van der Waals surface area contributed by atoms with Crippen molar-refractivity contribution in [3.05, 3.63) is 12.2 Å². The topological polar surface area (TPSA) is 192 Å². The number of hydrogen-bond acceptors (Lipinski definition) is 10. The number of nitrogens with one attached hydrogen (secondary N) is 1. The summed E-state index contributed by atoms with van der Waals surface area (Å²) in [5.74, 6) is -3.36. The van der Waals surface area contributed by atoms with Gasteiger partial charge in [-0.25, -0.2) is 0 Å². The lowest BCUT2D eigenvalue weighted by Crippen LogP contribution is -2.44. The molecule has 0 aliphatic carbocycles. The summed E-state index contributed by atoms with van der Waals surface area (Å²) >= 11 is 0. The predicted molar refractivity (Wildman–Crippen MR) is 145 cm³/mol. The monoisotopic (exact) mass is 553 g/mol. The molecular formula is C25H43N7O7. The number of aliphatic imine (C=N–C) groups is 1. The Kier molecular flexibility index (Phi) is 14.0. The van der Waals surface area contributed by atoms with Crippen molar-refractivity contribution in [2.45, 2.75) is 19.4 Å². The van der Waals surface area contributed by atoms with E-state index in [1.54, 1.807) is 26.9 Å². The van der Waals surface area contributed by atoms with E-state index in [1.807, 2.05) is 6.92 Å². The van der Waals surface area contributed by atoms with Crippen molar-refractivity contribution in [3.63, 3.8) is 0 Å². The fourth-order valence-corrected chi connectivity index (χ4v) is 4.62. The molecule has 1 amide bonds. The maximum Gasteiger partial charge on any atom is 0.317 e. The Balaban J connectivity index is 2.00. The van der Waals surface area contributed by atoms with Crippen LogP contribution >= 0.6 is 0 Å². The molecule has 14 heteroatoms. The SMILES string of the molecule is CC1N=C(CN(CCN2CCN(CC(=O)O)CCN(CC(=O)O)CC2)CC(=O)O)C=CC1C(=O)NCCCN. The predicted octanol–water partition coefficient (Wildman–Crippen LogP) is -2.06. The van der Waals surface area contributed by atoms with Gasteiger partial charge in [-0.05, 0) is 26.0 Å². The largest absolute Gasteiger partial charge is 0.480 e. The molecule has 0 aromatic heterocycles. The maximum atomic E-state index is 12.4. The van der Waals surface area contributed by atoms with Gasteiger partial charge in [0.2, 0.25) is 5.91 Å². The molecule has 2 heterocycles. The van der Waals surface area contributed by atoms with Crippen LogP contribution in [0.1, 0.15) is 13.3 Å². The average molecular weight is 554 g/mol. The van der Waals surface area contributed by atoms with Crippen molar-refractivity contribution >= 4 is 29.5 Å². The molecule has 0 aromatic carbocycles. The summed E-state index contributed by atoms with van der Waals surface area (Å²) in [4.78, 5) is 58.6. The highest BCUT2D eigenvalue weighted by atomic mass is 16.4. The van der Waals surface area contributed by atoms with Crippen LogP contribution in [0.25, 0.3) is 0 Å². The number of nitrogens with zero attached hydrogens (tertiary/aromatic N) is 5. The van der Waals surface area contributed by atoms with Crippen molar-refractivity contribution in [2.75, 3.05) is 91.6 Å². The van der Waals surface area contributed by atoms with Gasteiger partial charge in [0.25, 0.3) is 0 Å². The molecule has 0 radical (unpaired) electrons. The Hall–Kier alpha value is -2.91. The van der Waals surface area contributed by atoms with Gasteiger partial charge in [0, 0.05) is 71.2 Å². The average Bonchev–Trinajstić information content (AvgIpc) is 2.93. The standard InChI is InChI=1S/C25H43N7O7/c1-19-21(25(39)27-6-2-5-26)4-3-20(28-19)15-32(18-24(37)38)14-9-29-7-10-30(16-22(33)34)12-13-31(11-8-29)17-23(35)36/h3-4,19,21H,2,5-18,26H2,1H3,(H,27,39)(H,33,34)(H,35,36)(H,37,38). The van der Waals surface area contributed by atoms with Crippen LogP contribution in [0.5, 0.6) is 0 Å². The minimum Gasteiger partial charge on any atom is -0.480 e. The Morgan fingerprint density at radius 3 is 2.03 bits per heavy atom. The van der Waals surface area contributed by atoms with E-state index >= 15 is 0 Å². The minimum absolute atomic E-state index is 0.112. The first kappa shape index (κ1) is 32.3. The molecule has 2 unspecified atom stereocenters. The van der Waals surface area contributed by atoms with Crippen molar-refractivity contribution < 1.29 is 34.5 Å². The van der Waals surface area contributed by atoms with Crippen LogP contribution in [0.15, 0.2) is 17.1 Å². The summed E-state index contributed by atoms with van der Waals surface area (Å²) in [5.41, 5.74) is 6.17. The maximum absolute atomic E-state index is 12.4. The van der Waals surface area contributed by atoms with Gasteiger partial charge in [-0.15, -0.1) is 0 Å². The minimum atomic E-state index is -0.967. The Labute approximate surface area is 229 Å². The molecule has 2 aliphatic heterocycles. The third-order valence-corrected chi connectivity index (χ3v) is 6.76. The molecular weight excluding hydrogens is 510 g/mol. The van der Waals surface area contributed by atoms with Gasteiger partial charge in [-0.2, -0.15) is 0 Å². The molecule has 0 saturated carbocycles. The molecule has 220 valence electrons. The molecule has 2 rings (SSSR count). The number of carbonyl (C=O) groups is 4. The highest BCUT2D eigenvalue weighted by Gasteiger charge is 2.26. The van der Waals surface area contributed by atoms with Crippen molar-refractivity contribution in [1.29, 1.82) is 0 Å². The van der Waals surface area contributed by atoms with Gasteiger partial charge in [0.05, 0.1) is 31.6 Å². The molecule has 1 fully saturated rings. The highest BCUT2D eigenvalue weighted by Crippen LogP contribution is 2.16. The van der Waals surface area contributed by atoms with Crippen LogP contribution in [-0.2, 0) is 19.2 Å². The van der Waals surface area contributed by atoms with Crippen molar-refractivity contribution in [2.24, 2.45) is 16.6 Å². The number of carboxylic acid groups (broad SMARTS) is 3. The number of hydrogen-bond donors (Lipinski definition) is 5. The summed E-state index contributed by atoms with van der Waals surface area (Å²) < 4.78 is 0. The number of rotatable bonds is 15. The number of carbonyl (C=O) groups excluding carboxylic acids is 1. The second-order valence-electron chi connectivity index (χ2n) is 9.97. The van der Waals surface area contributed by atoms with E-state index in [0.29, 0.717) is 84.1 Å². The van der Waals surface area contributed by atoms with Crippen LogP contribution in [0.4, 0.5) is 0 Å². The molecule has 0 aromatic rings. The lowest BCUT2D eigenvalue weighted by Gasteiger charge is -2.29. The van der Waals surface area contributed by atoms with Crippen LogP contribution in [0.3, 0.4) is 0 Å². The van der Waals surface area contributed by atoms with Gasteiger partial charge in [0.1, 0.15) is 0 Å². The summed E-state index contributed by atoms with van der Waals surface area (Å²) in [6.45, 7) is 6.74. The molecule has 0 bridgehead atoms. The summed E-state index contributed by atoms with van der Waals surface area (Å²) in [6, 6.07) is -0.284. The van der Waals surface area contributed by atoms with E-state index < -0.39 is 23.8 Å². The van der Waals surface area contributed by atoms with E-state index in [1.165, 1.54) is 0 Å². The van der Waals surface area contributed by atoms with Gasteiger partial charge >= 0.3 is 17.9 Å². The molecule has 2 atom stereocenters. The highest BCUT2D eigenvalue weighted by molar-refractivity contribution is 5.99. The fourth-order valence-electron chi connectivity index (χ4n) is 4.62. The molecule has 1 saturated heterocycles. The Morgan fingerprint density at radius 2 is 1.54 bits per heavy atom. The fraction of sp³-hybridized carbons (Fsp3) is 0.720. The summed E-state index contributed by atoms with van der Waals surface area (Å²) in [7, 11) is 0. The van der Waals surface area contributed by atoms with E-state index in [2.05, 4.69) is 15.2 Å². The number of nitrogens with two attached hydrogens (primary N) is 1. The van der Waals surface area contributed by atoms with Gasteiger partial charge in [-0.1, -0.05) is 6.08 Å². The third kappa shape index (κ3) is 12.7. The normalized spacial score (nSPS) is 21.6. The van der Waals surface area contributed by atoms with Crippen LogP contribution < -0.4 is 11.1 Å². The van der Waals surface area contributed by atoms with E-state index in [0.717, 1.165) is 0 Å².